The second-order valence-electron chi connectivity index (χ2n) is 6.04. The number of rotatable bonds is 5. The molecule has 2 rings (SSSR count). The second kappa shape index (κ2) is 7.55. The molecule has 0 amide bonds. The highest BCUT2D eigenvalue weighted by atomic mass is 19.1. The molecule has 1 atom stereocenters. The lowest BCUT2D eigenvalue weighted by atomic mass is 9.93. The SMILES string of the molecule is C[C@@H](NCc1ccc(C(=O)O)c(F)c1)C1CCCCCC1. The third kappa shape index (κ3) is 4.53. The molecule has 1 saturated carbocycles. The fraction of sp³-hybridized carbons (Fsp3) is 0.588. The zero-order valence-corrected chi connectivity index (χ0v) is 12.6. The zero-order valence-electron chi connectivity index (χ0n) is 12.6. The van der Waals surface area contributed by atoms with Gasteiger partial charge in [-0.15, -0.1) is 0 Å². The highest BCUT2D eigenvalue weighted by Crippen LogP contribution is 2.25. The Labute approximate surface area is 125 Å². The molecule has 1 aliphatic rings. The highest BCUT2D eigenvalue weighted by Gasteiger charge is 2.18. The van der Waals surface area contributed by atoms with E-state index in [9.17, 15) is 9.18 Å². The van der Waals surface area contributed by atoms with Gasteiger partial charge in [0, 0.05) is 12.6 Å². The van der Waals surface area contributed by atoms with Gasteiger partial charge in [-0.3, -0.25) is 0 Å². The average Bonchev–Trinajstić information content (AvgIpc) is 2.73. The van der Waals surface area contributed by atoms with Crippen LogP contribution in [0, 0.1) is 11.7 Å². The number of carboxylic acids is 1. The van der Waals surface area contributed by atoms with E-state index in [0.29, 0.717) is 18.5 Å². The van der Waals surface area contributed by atoms with Gasteiger partial charge in [-0.1, -0.05) is 31.7 Å². The van der Waals surface area contributed by atoms with Crippen molar-refractivity contribution in [3.8, 4) is 0 Å². The first-order chi connectivity index (χ1) is 10.1. The number of carbonyl (C=O) groups is 1. The molecule has 0 heterocycles. The Morgan fingerprint density at radius 1 is 1.33 bits per heavy atom. The molecule has 4 heteroatoms. The van der Waals surface area contributed by atoms with Crippen LogP contribution >= 0.6 is 0 Å². The van der Waals surface area contributed by atoms with Crippen LogP contribution in [0.15, 0.2) is 18.2 Å². The number of halogens is 1. The van der Waals surface area contributed by atoms with Crippen LogP contribution in [0.1, 0.15) is 61.4 Å². The van der Waals surface area contributed by atoms with Crippen LogP contribution in [0.25, 0.3) is 0 Å². The monoisotopic (exact) mass is 293 g/mol. The summed E-state index contributed by atoms with van der Waals surface area (Å²) >= 11 is 0. The molecule has 3 nitrogen and oxygen atoms in total. The summed E-state index contributed by atoms with van der Waals surface area (Å²) in [5.74, 6) is -1.20. The number of benzene rings is 1. The van der Waals surface area contributed by atoms with E-state index in [1.807, 2.05) is 0 Å². The Morgan fingerprint density at radius 3 is 2.57 bits per heavy atom. The van der Waals surface area contributed by atoms with Crippen LogP contribution in [0.2, 0.25) is 0 Å². The average molecular weight is 293 g/mol. The molecule has 0 radical (unpaired) electrons. The fourth-order valence-electron chi connectivity index (χ4n) is 3.10. The molecule has 0 unspecified atom stereocenters. The van der Waals surface area contributed by atoms with Crippen LogP contribution in [0.4, 0.5) is 4.39 Å². The van der Waals surface area contributed by atoms with Crippen LogP contribution in [0.5, 0.6) is 0 Å². The number of hydrogen-bond acceptors (Lipinski definition) is 2. The van der Waals surface area contributed by atoms with Crippen molar-refractivity contribution in [2.45, 2.75) is 58.0 Å². The van der Waals surface area contributed by atoms with Crippen molar-refractivity contribution in [2.75, 3.05) is 0 Å². The second-order valence-corrected chi connectivity index (χ2v) is 6.04. The first kappa shape index (κ1) is 16.0. The maximum absolute atomic E-state index is 13.6. The number of aromatic carboxylic acids is 1. The van der Waals surface area contributed by atoms with Crippen molar-refractivity contribution in [2.24, 2.45) is 5.92 Å². The van der Waals surface area contributed by atoms with Gasteiger partial charge < -0.3 is 10.4 Å². The van der Waals surface area contributed by atoms with Crippen LogP contribution in [0.3, 0.4) is 0 Å². The van der Waals surface area contributed by atoms with Gasteiger partial charge in [-0.25, -0.2) is 9.18 Å². The quantitative estimate of drug-likeness (QED) is 0.808. The van der Waals surface area contributed by atoms with Gasteiger partial charge >= 0.3 is 5.97 Å². The predicted octanol–water partition coefficient (Wildman–Crippen LogP) is 3.97. The molecule has 1 fully saturated rings. The van der Waals surface area contributed by atoms with Crippen molar-refractivity contribution in [3.63, 3.8) is 0 Å². The summed E-state index contributed by atoms with van der Waals surface area (Å²) in [6.45, 7) is 2.77. The molecule has 1 aliphatic carbocycles. The molecule has 0 aromatic heterocycles. The van der Waals surface area contributed by atoms with Gasteiger partial charge in [0.25, 0.3) is 0 Å². The van der Waals surface area contributed by atoms with E-state index in [4.69, 9.17) is 5.11 Å². The topological polar surface area (TPSA) is 49.3 Å². The van der Waals surface area contributed by atoms with Crippen molar-refractivity contribution in [1.29, 1.82) is 0 Å². The summed E-state index contributed by atoms with van der Waals surface area (Å²) in [6, 6.07) is 4.74. The molecule has 0 bridgehead atoms. The Bertz CT molecular complexity index is 482. The molecule has 1 aromatic rings. The van der Waals surface area contributed by atoms with Crippen molar-refractivity contribution in [3.05, 3.63) is 35.1 Å². The lowest BCUT2D eigenvalue weighted by molar-refractivity contribution is 0.0692. The number of nitrogens with one attached hydrogen (secondary N) is 1. The first-order valence-electron chi connectivity index (χ1n) is 7.83. The Balaban J connectivity index is 1.90. The van der Waals surface area contributed by atoms with Gasteiger partial charge in [0.05, 0.1) is 5.56 Å². The summed E-state index contributed by atoms with van der Waals surface area (Å²) in [5.41, 5.74) is 0.522. The van der Waals surface area contributed by atoms with E-state index >= 15 is 0 Å². The van der Waals surface area contributed by atoms with Crippen molar-refractivity contribution in [1.82, 2.24) is 5.32 Å². The summed E-state index contributed by atoms with van der Waals surface area (Å²) in [7, 11) is 0. The lowest BCUT2D eigenvalue weighted by Crippen LogP contribution is -2.33. The van der Waals surface area contributed by atoms with E-state index in [1.54, 1.807) is 6.07 Å². The lowest BCUT2D eigenvalue weighted by Gasteiger charge is -2.23. The van der Waals surface area contributed by atoms with Crippen molar-refractivity contribution < 1.29 is 14.3 Å². The Morgan fingerprint density at radius 2 is 2.00 bits per heavy atom. The molecule has 2 N–H and O–H groups in total. The Hall–Kier alpha value is -1.42. The highest BCUT2D eigenvalue weighted by molar-refractivity contribution is 5.87. The third-order valence-electron chi connectivity index (χ3n) is 4.50. The smallest absolute Gasteiger partial charge is 0.338 e. The molecule has 1 aromatic carbocycles. The molecule has 0 spiro atoms. The minimum Gasteiger partial charge on any atom is -0.478 e. The molecule has 116 valence electrons. The van der Waals surface area contributed by atoms with Crippen LogP contribution in [-0.4, -0.2) is 17.1 Å². The van der Waals surface area contributed by atoms with E-state index in [1.165, 1.54) is 50.7 Å². The molecular weight excluding hydrogens is 269 g/mol. The van der Waals surface area contributed by atoms with E-state index in [0.717, 1.165) is 5.56 Å². The minimum atomic E-state index is -1.22. The normalized spacial score (nSPS) is 18.2. The maximum Gasteiger partial charge on any atom is 0.338 e. The van der Waals surface area contributed by atoms with Crippen LogP contribution in [-0.2, 0) is 6.54 Å². The molecular formula is C17H24FNO2. The predicted molar refractivity (Wildman–Crippen MR) is 80.9 cm³/mol. The Kier molecular flexibility index (Phi) is 5.74. The molecule has 0 saturated heterocycles. The van der Waals surface area contributed by atoms with Gasteiger partial charge in [-0.05, 0) is 43.4 Å². The summed E-state index contributed by atoms with van der Waals surface area (Å²) in [6.07, 6.45) is 7.81. The third-order valence-corrected chi connectivity index (χ3v) is 4.50. The van der Waals surface area contributed by atoms with Gasteiger partial charge in [0.15, 0.2) is 0 Å². The minimum absolute atomic E-state index is 0.268. The summed E-state index contributed by atoms with van der Waals surface area (Å²) in [5, 5.41) is 12.3. The summed E-state index contributed by atoms with van der Waals surface area (Å²) in [4.78, 5) is 10.8. The summed E-state index contributed by atoms with van der Waals surface area (Å²) < 4.78 is 13.6. The van der Waals surface area contributed by atoms with Crippen molar-refractivity contribution >= 4 is 5.97 Å². The first-order valence-corrected chi connectivity index (χ1v) is 7.83. The van der Waals surface area contributed by atoms with E-state index in [-0.39, 0.29) is 5.56 Å². The van der Waals surface area contributed by atoms with Gasteiger partial charge in [0.1, 0.15) is 5.82 Å². The standard InChI is InChI=1S/C17H24FNO2/c1-12(14-6-4-2-3-5-7-14)19-11-13-8-9-15(17(20)21)16(18)10-13/h8-10,12,14,19H,2-7,11H2,1H3,(H,20,21)/t12-/m1/s1. The van der Waals surface area contributed by atoms with Crippen LogP contribution < -0.4 is 5.32 Å². The maximum atomic E-state index is 13.6. The van der Waals surface area contributed by atoms with Gasteiger partial charge in [0.2, 0.25) is 0 Å². The van der Waals surface area contributed by atoms with Gasteiger partial charge in [-0.2, -0.15) is 0 Å². The fourth-order valence-corrected chi connectivity index (χ4v) is 3.10. The largest absolute Gasteiger partial charge is 0.478 e. The molecule has 21 heavy (non-hydrogen) atoms. The molecule has 0 aliphatic heterocycles. The zero-order chi connectivity index (χ0) is 15.2. The van der Waals surface area contributed by atoms with E-state index in [2.05, 4.69) is 12.2 Å². The number of hydrogen-bond donors (Lipinski definition) is 2. The number of carboxylic acid groups (broad SMARTS) is 1. The van der Waals surface area contributed by atoms with E-state index < -0.39 is 11.8 Å².